The number of aryl methyl sites for hydroxylation is 1. The van der Waals surface area contributed by atoms with Crippen LogP contribution in [-0.4, -0.2) is 44.9 Å². The van der Waals surface area contributed by atoms with E-state index in [0.29, 0.717) is 5.92 Å². The van der Waals surface area contributed by atoms with Gasteiger partial charge < -0.3 is 10.6 Å². The first-order chi connectivity index (χ1) is 11.0. The molecule has 0 spiro atoms. The van der Waals surface area contributed by atoms with Crippen LogP contribution in [0.3, 0.4) is 0 Å². The smallest absolute Gasteiger partial charge is 0.239 e. The molecule has 1 aliphatic rings. The molecule has 6 heteroatoms. The van der Waals surface area contributed by atoms with Crippen LogP contribution < -0.4 is 5.73 Å². The number of hydrogen-bond acceptors (Lipinski definition) is 4. The van der Waals surface area contributed by atoms with E-state index in [1.54, 1.807) is 0 Å². The summed E-state index contributed by atoms with van der Waals surface area (Å²) in [5, 5.41) is 8.41. The summed E-state index contributed by atoms with van der Waals surface area (Å²) in [6.45, 7) is 8.79. The second-order valence-electron chi connectivity index (χ2n) is 6.86. The highest BCUT2D eigenvalue weighted by Crippen LogP contribution is 2.20. The van der Waals surface area contributed by atoms with Crippen LogP contribution in [0, 0.1) is 11.8 Å². The van der Waals surface area contributed by atoms with E-state index in [1.165, 1.54) is 0 Å². The average molecular weight is 321 g/mol. The van der Waals surface area contributed by atoms with Crippen LogP contribution in [-0.2, 0) is 17.8 Å². The molecule has 6 nitrogen and oxygen atoms in total. The highest BCUT2D eigenvalue weighted by Gasteiger charge is 2.28. The second-order valence-corrected chi connectivity index (χ2v) is 6.86. The summed E-state index contributed by atoms with van der Waals surface area (Å²) in [5.74, 6) is 0.922. The molecule has 1 aromatic heterocycles. The van der Waals surface area contributed by atoms with Crippen molar-refractivity contribution in [1.29, 1.82) is 0 Å². The molecule has 0 saturated carbocycles. The zero-order chi connectivity index (χ0) is 16.8. The minimum Gasteiger partial charge on any atom is -0.341 e. The zero-order valence-corrected chi connectivity index (χ0v) is 14.7. The highest BCUT2D eigenvalue weighted by molar-refractivity contribution is 5.82. The molecule has 23 heavy (non-hydrogen) atoms. The van der Waals surface area contributed by atoms with Gasteiger partial charge in [-0.3, -0.25) is 9.48 Å². The molecule has 2 atom stereocenters. The van der Waals surface area contributed by atoms with Gasteiger partial charge in [0, 0.05) is 25.8 Å². The maximum absolute atomic E-state index is 12.4. The van der Waals surface area contributed by atoms with Crippen molar-refractivity contribution in [1.82, 2.24) is 19.9 Å². The number of aromatic nitrogens is 3. The molecule has 0 aromatic carbocycles. The third-order valence-corrected chi connectivity index (χ3v) is 5.01. The SMILES string of the molecule is CCCc1cn(CC2CCN(C(=O)[C@@H](N)[C@@H](C)CC)CC2)nn1. The molecule has 0 aliphatic carbocycles. The van der Waals surface area contributed by atoms with Crippen LogP contribution in [0.25, 0.3) is 0 Å². The first-order valence-corrected chi connectivity index (χ1v) is 8.98. The lowest BCUT2D eigenvalue weighted by molar-refractivity contribution is -0.135. The van der Waals surface area contributed by atoms with Gasteiger partial charge in [-0.2, -0.15) is 0 Å². The second kappa shape index (κ2) is 8.43. The number of nitrogens with zero attached hydrogens (tertiary/aromatic N) is 4. The van der Waals surface area contributed by atoms with E-state index in [9.17, 15) is 4.79 Å². The van der Waals surface area contributed by atoms with Crippen LogP contribution in [0.2, 0.25) is 0 Å². The first-order valence-electron chi connectivity index (χ1n) is 8.98. The van der Waals surface area contributed by atoms with E-state index in [4.69, 9.17) is 5.73 Å². The van der Waals surface area contributed by atoms with Gasteiger partial charge in [-0.05, 0) is 31.1 Å². The van der Waals surface area contributed by atoms with Crippen molar-refractivity contribution in [2.45, 2.75) is 65.5 Å². The van der Waals surface area contributed by atoms with Gasteiger partial charge in [-0.25, -0.2) is 0 Å². The molecule has 0 bridgehead atoms. The summed E-state index contributed by atoms with van der Waals surface area (Å²) in [7, 11) is 0. The Labute approximate surface area is 139 Å². The van der Waals surface area contributed by atoms with E-state index >= 15 is 0 Å². The topological polar surface area (TPSA) is 77.0 Å². The summed E-state index contributed by atoms with van der Waals surface area (Å²) < 4.78 is 1.96. The van der Waals surface area contributed by atoms with Gasteiger partial charge in [0.1, 0.15) is 0 Å². The molecule has 130 valence electrons. The zero-order valence-electron chi connectivity index (χ0n) is 14.7. The number of amides is 1. The summed E-state index contributed by atoms with van der Waals surface area (Å²) in [5.41, 5.74) is 7.15. The van der Waals surface area contributed by atoms with Crippen molar-refractivity contribution >= 4 is 5.91 Å². The molecular formula is C17H31N5O. The summed E-state index contributed by atoms with van der Waals surface area (Å²) in [4.78, 5) is 14.4. The first kappa shape index (κ1) is 17.9. The maximum Gasteiger partial charge on any atom is 0.239 e. The van der Waals surface area contributed by atoms with Crippen molar-refractivity contribution in [2.24, 2.45) is 17.6 Å². The van der Waals surface area contributed by atoms with Crippen molar-refractivity contribution in [3.05, 3.63) is 11.9 Å². The Hall–Kier alpha value is -1.43. The van der Waals surface area contributed by atoms with Crippen molar-refractivity contribution in [2.75, 3.05) is 13.1 Å². The normalized spacial score (nSPS) is 18.9. The average Bonchev–Trinajstić information content (AvgIpc) is 3.01. The molecule has 1 aliphatic heterocycles. The Kier molecular flexibility index (Phi) is 6.57. The largest absolute Gasteiger partial charge is 0.341 e. The predicted molar refractivity (Wildman–Crippen MR) is 90.8 cm³/mol. The molecule has 1 fully saturated rings. The molecule has 0 unspecified atom stereocenters. The molecular weight excluding hydrogens is 290 g/mol. The summed E-state index contributed by atoms with van der Waals surface area (Å²) in [6.07, 6.45) is 7.11. The van der Waals surface area contributed by atoms with Crippen LogP contribution in [0.1, 0.15) is 52.1 Å². The molecule has 0 radical (unpaired) electrons. The lowest BCUT2D eigenvalue weighted by Gasteiger charge is -2.34. The lowest BCUT2D eigenvalue weighted by atomic mass is 9.94. The van der Waals surface area contributed by atoms with Gasteiger partial charge in [-0.1, -0.05) is 38.8 Å². The van der Waals surface area contributed by atoms with Gasteiger partial charge in [-0.15, -0.1) is 5.10 Å². The fraction of sp³-hybridized carbons (Fsp3) is 0.824. The number of piperidine rings is 1. The van der Waals surface area contributed by atoms with Gasteiger partial charge >= 0.3 is 0 Å². The predicted octanol–water partition coefficient (Wildman–Crippen LogP) is 1.84. The Morgan fingerprint density at radius 1 is 1.39 bits per heavy atom. The standard InChI is InChI=1S/C17H31N5O/c1-4-6-15-12-22(20-19-15)11-14-7-9-21(10-8-14)17(23)16(18)13(3)5-2/h12-14,16H,4-11,18H2,1-3H3/t13-,16-/m0/s1. The fourth-order valence-corrected chi connectivity index (χ4v) is 3.11. The van der Waals surface area contributed by atoms with Crippen molar-refractivity contribution in [3.8, 4) is 0 Å². The van der Waals surface area contributed by atoms with Gasteiger partial charge in [0.2, 0.25) is 5.91 Å². The minimum absolute atomic E-state index is 0.115. The molecule has 2 heterocycles. The quantitative estimate of drug-likeness (QED) is 0.831. The van der Waals surface area contributed by atoms with Gasteiger partial charge in [0.05, 0.1) is 11.7 Å². The van der Waals surface area contributed by atoms with Crippen LogP contribution >= 0.6 is 0 Å². The van der Waals surface area contributed by atoms with E-state index < -0.39 is 0 Å². The van der Waals surface area contributed by atoms with Gasteiger partial charge in [0.15, 0.2) is 0 Å². The van der Waals surface area contributed by atoms with Crippen LogP contribution in [0.4, 0.5) is 0 Å². The Morgan fingerprint density at radius 3 is 2.70 bits per heavy atom. The number of nitrogens with two attached hydrogens (primary N) is 1. The number of carbonyl (C=O) groups excluding carboxylic acids is 1. The van der Waals surface area contributed by atoms with Crippen molar-refractivity contribution in [3.63, 3.8) is 0 Å². The van der Waals surface area contributed by atoms with E-state index in [-0.39, 0.29) is 17.9 Å². The number of rotatable bonds is 7. The molecule has 1 saturated heterocycles. The van der Waals surface area contributed by atoms with Crippen LogP contribution in [0.15, 0.2) is 6.20 Å². The molecule has 2 N–H and O–H groups in total. The highest BCUT2D eigenvalue weighted by atomic mass is 16.2. The van der Waals surface area contributed by atoms with Crippen molar-refractivity contribution < 1.29 is 4.79 Å². The Bertz CT molecular complexity index is 493. The number of carbonyl (C=O) groups is 1. The van der Waals surface area contributed by atoms with Gasteiger partial charge in [0.25, 0.3) is 0 Å². The third-order valence-electron chi connectivity index (χ3n) is 5.01. The minimum atomic E-state index is -0.358. The Balaban J connectivity index is 1.80. The monoisotopic (exact) mass is 321 g/mol. The Morgan fingerprint density at radius 2 is 2.09 bits per heavy atom. The summed E-state index contributed by atoms with van der Waals surface area (Å²) in [6, 6.07) is -0.358. The number of likely N-dealkylation sites (tertiary alicyclic amines) is 1. The molecule has 1 aromatic rings. The third kappa shape index (κ3) is 4.77. The maximum atomic E-state index is 12.4. The van der Waals surface area contributed by atoms with E-state index in [1.807, 2.05) is 16.5 Å². The molecule has 1 amide bonds. The van der Waals surface area contributed by atoms with E-state index in [0.717, 1.165) is 57.4 Å². The fourth-order valence-electron chi connectivity index (χ4n) is 3.11. The molecule has 2 rings (SSSR count). The summed E-state index contributed by atoms with van der Waals surface area (Å²) >= 11 is 0. The van der Waals surface area contributed by atoms with Crippen LogP contribution in [0.5, 0.6) is 0 Å². The lowest BCUT2D eigenvalue weighted by Crippen LogP contribution is -2.49. The van der Waals surface area contributed by atoms with E-state index in [2.05, 4.69) is 30.4 Å². The number of hydrogen-bond donors (Lipinski definition) is 1.